The highest BCUT2D eigenvalue weighted by Gasteiger charge is 2.18. The van der Waals surface area contributed by atoms with E-state index >= 15 is 0 Å². The van der Waals surface area contributed by atoms with E-state index in [1.807, 2.05) is 6.92 Å². The first-order valence-electron chi connectivity index (χ1n) is 7.56. The van der Waals surface area contributed by atoms with Crippen LogP contribution in [0.1, 0.15) is 30.8 Å². The number of hydrogen-bond acceptors (Lipinski definition) is 4. The fourth-order valence-corrected chi connectivity index (χ4v) is 2.77. The summed E-state index contributed by atoms with van der Waals surface area (Å²) in [5, 5.41) is 3.37. The van der Waals surface area contributed by atoms with Gasteiger partial charge in [0.25, 0.3) is 0 Å². The van der Waals surface area contributed by atoms with Crippen molar-refractivity contribution in [3.63, 3.8) is 0 Å². The van der Waals surface area contributed by atoms with E-state index < -0.39 is 0 Å². The molecule has 21 heavy (non-hydrogen) atoms. The van der Waals surface area contributed by atoms with Crippen molar-refractivity contribution in [2.24, 2.45) is 0 Å². The third kappa shape index (κ3) is 3.15. The van der Waals surface area contributed by atoms with Crippen molar-refractivity contribution in [2.75, 3.05) is 16.8 Å². The number of fused-ring (bicyclic) bond motifs is 1. The Kier molecular flexibility index (Phi) is 3.78. The number of aryl methyl sites for hydroxylation is 1. The lowest BCUT2D eigenvalue weighted by Crippen LogP contribution is -2.31. The maximum absolute atomic E-state index is 4.61. The summed E-state index contributed by atoms with van der Waals surface area (Å²) in [6.07, 6.45) is 1.08. The van der Waals surface area contributed by atoms with Gasteiger partial charge in [0.2, 0.25) is 0 Å². The van der Waals surface area contributed by atoms with E-state index in [-0.39, 0.29) is 0 Å². The second-order valence-corrected chi connectivity index (χ2v) is 5.90. The van der Waals surface area contributed by atoms with E-state index in [1.54, 1.807) is 0 Å². The van der Waals surface area contributed by atoms with Gasteiger partial charge in [-0.3, -0.25) is 0 Å². The van der Waals surface area contributed by atoms with E-state index in [9.17, 15) is 0 Å². The van der Waals surface area contributed by atoms with Crippen molar-refractivity contribution in [3.05, 3.63) is 47.3 Å². The van der Waals surface area contributed by atoms with Crippen molar-refractivity contribution < 1.29 is 0 Å². The van der Waals surface area contributed by atoms with Gasteiger partial charge in [0.05, 0.1) is 0 Å². The van der Waals surface area contributed by atoms with Crippen LogP contribution in [0.4, 0.5) is 11.6 Å². The van der Waals surface area contributed by atoms with Crippen molar-refractivity contribution in [3.8, 4) is 0 Å². The molecule has 3 rings (SSSR count). The maximum atomic E-state index is 4.61. The zero-order valence-corrected chi connectivity index (χ0v) is 12.9. The molecule has 0 aliphatic carbocycles. The van der Waals surface area contributed by atoms with Gasteiger partial charge < -0.3 is 10.2 Å². The maximum Gasteiger partial charge on any atom is 0.134 e. The molecular weight excluding hydrogens is 260 g/mol. The fourth-order valence-electron chi connectivity index (χ4n) is 2.77. The number of hydrogen-bond donors (Lipinski definition) is 1. The van der Waals surface area contributed by atoms with Gasteiger partial charge in [-0.15, -0.1) is 0 Å². The summed E-state index contributed by atoms with van der Waals surface area (Å²) in [6.45, 7) is 8.12. The summed E-state index contributed by atoms with van der Waals surface area (Å²) in [4.78, 5) is 11.4. The Morgan fingerprint density at radius 3 is 2.67 bits per heavy atom. The molecule has 2 aromatic rings. The van der Waals surface area contributed by atoms with E-state index in [0.717, 1.165) is 37.0 Å². The van der Waals surface area contributed by atoms with Crippen molar-refractivity contribution in [1.29, 1.82) is 0 Å². The van der Waals surface area contributed by atoms with Gasteiger partial charge in [-0.2, -0.15) is 0 Å². The molecule has 1 aliphatic heterocycles. The number of benzene rings is 1. The predicted molar refractivity (Wildman–Crippen MR) is 86.7 cm³/mol. The van der Waals surface area contributed by atoms with Crippen molar-refractivity contribution in [1.82, 2.24) is 9.97 Å². The zero-order valence-electron chi connectivity index (χ0n) is 12.9. The van der Waals surface area contributed by atoms with Gasteiger partial charge >= 0.3 is 0 Å². The molecule has 0 spiro atoms. The first kappa shape index (κ1) is 13.9. The summed E-state index contributed by atoms with van der Waals surface area (Å²) < 4.78 is 0. The Hall–Kier alpha value is -2.10. The summed E-state index contributed by atoms with van der Waals surface area (Å²) in [6, 6.07) is 11.1. The van der Waals surface area contributed by atoms with Gasteiger partial charge in [-0.1, -0.05) is 24.3 Å². The Bertz CT molecular complexity index is 636. The number of anilines is 2. The lowest BCUT2D eigenvalue weighted by molar-refractivity contribution is 0.716. The van der Waals surface area contributed by atoms with Crippen LogP contribution in [0.15, 0.2) is 30.3 Å². The Balaban J connectivity index is 1.86. The molecule has 4 heteroatoms. The number of nitrogens with one attached hydrogen (secondary N) is 1. The SMILES string of the molecule is Cc1nc(NC(C)C)cc(N2CCc3ccccc3C2)n1. The van der Waals surface area contributed by atoms with Crippen LogP contribution in [0.2, 0.25) is 0 Å². The molecular formula is C17H22N4. The Morgan fingerprint density at radius 2 is 1.90 bits per heavy atom. The molecule has 0 amide bonds. The lowest BCUT2D eigenvalue weighted by atomic mass is 10.00. The molecule has 110 valence electrons. The average molecular weight is 282 g/mol. The molecule has 1 aromatic heterocycles. The lowest BCUT2D eigenvalue weighted by Gasteiger charge is -2.30. The van der Waals surface area contributed by atoms with E-state index in [2.05, 4.69) is 64.4 Å². The molecule has 0 fully saturated rings. The number of rotatable bonds is 3. The third-order valence-electron chi connectivity index (χ3n) is 3.72. The Morgan fingerprint density at radius 1 is 1.14 bits per heavy atom. The van der Waals surface area contributed by atoms with Gasteiger partial charge in [-0.05, 0) is 38.3 Å². The van der Waals surface area contributed by atoms with Gasteiger partial charge in [-0.25, -0.2) is 9.97 Å². The Labute approximate surface area is 126 Å². The van der Waals surface area contributed by atoms with Crippen LogP contribution in [-0.2, 0) is 13.0 Å². The molecule has 4 nitrogen and oxygen atoms in total. The summed E-state index contributed by atoms with van der Waals surface area (Å²) in [7, 11) is 0. The van der Waals surface area contributed by atoms with Crippen molar-refractivity contribution >= 4 is 11.6 Å². The van der Waals surface area contributed by atoms with Crippen LogP contribution in [0.25, 0.3) is 0 Å². The van der Waals surface area contributed by atoms with Crippen LogP contribution >= 0.6 is 0 Å². The number of nitrogens with zero attached hydrogens (tertiary/aromatic N) is 3. The molecule has 1 aliphatic rings. The molecule has 1 aromatic carbocycles. The highest BCUT2D eigenvalue weighted by molar-refractivity contribution is 5.51. The van der Waals surface area contributed by atoms with Crippen LogP contribution in [0.5, 0.6) is 0 Å². The minimum Gasteiger partial charge on any atom is -0.368 e. The first-order valence-corrected chi connectivity index (χ1v) is 7.56. The standard InChI is InChI=1S/C17H22N4/c1-12(2)18-16-10-17(20-13(3)19-16)21-9-8-14-6-4-5-7-15(14)11-21/h4-7,10,12H,8-9,11H2,1-3H3,(H,18,19,20). The minimum atomic E-state index is 0.370. The third-order valence-corrected chi connectivity index (χ3v) is 3.72. The summed E-state index contributed by atoms with van der Waals surface area (Å²) in [5.41, 5.74) is 2.86. The molecule has 0 unspecified atom stereocenters. The largest absolute Gasteiger partial charge is 0.368 e. The quantitative estimate of drug-likeness (QED) is 0.939. The van der Waals surface area contributed by atoms with E-state index in [0.29, 0.717) is 6.04 Å². The second kappa shape index (κ2) is 5.72. The van der Waals surface area contributed by atoms with Crippen LogP contribution in [-0.4, -0.2) is 22.6 Å². The highest BCUT2D eigenvalue weighted by atomic mass is 15.2. The van der Waals surface area contributed by atoms with E-state index in [1.165, 1.54) is 11.1 Å². The minimum absolute atomic E-state index is 0.370. The number of aromatic nitrogens is 2. The molecule has 0 radical (unpaired) electrons. The molecule has 0 atom stereocenters. The normalized spacial score (nSPS) is 14.2. The van der Waals surface area contributed by atoms with E-state index in [4.69, 9.17) is 0 Å². The van der Waals surface area contributed by atoms with Crippen molar-refractivity contribution in [2.45, 2.75) is 39.8 Å². The highest BCUT2D eigenvalue weighted by Crippen LogP contribution is 2.24. The summed E-state index contributed by atoms with van der Waals surface area (Å²) in [5.74, 6) is 2.74. The second-order valence-electron chi connectivity index (χ2n) is 5.90. The molecule has 0 saturated heterocycles. The fraction of sp³-hybridized carbons (Fsp3) is 0.412. The average Bonchev–Trinajstić information content (AvgIpc) is 2.45. The molecule has 0 saturated carbocycles. The van der Waals surface area contributed by atoms with Gasteiger partial charge in [0.1, 0.15) is 17.5 Å². The van der Waals surface area contributed by atoms with Crippen LogP contribution in [0, 0.1) is 6.92 Å². The molecule has 1 N–H and O–H groups in total. The monoisotopic (exact) mass is 282 g/mol. The van der Waals surface area contributed by atoms with Crippen LogP contribution in [0.3, 0.4) is 0 Å². The molecule has 2 heterocycles. The summed E-state index contributed by atoms with van der Waals surface area (Å²) >= 11 is 0. The predicted octanol–water partition coefficient (Wildman–Crippen LogP) is 3.17. The first-order chi connectivity index (χ1) is 10.1. The molecule has 0 bridgehead atoms. The zero-order chi connectivity index (χ0) is 14.8. The smallest absolute Gasteiger partial charge is 0.134 e. The topological polar surface area (TPSA) is 41.1 Å². The van der Waals surface area contributed by atoms with Gasteiger partial charge in [0.15, 0.2) is 0 Å². The van der Waals surface area contributed by atoms with Gasteiger partial charge in [0, 0.05) is 25.2 Å². The van der Waals surface area contributed by atoms with Crippen LogP contribution < -0.4 is 10.2 Å².